The molecule has 3 rings (SSSR count). The lowest BCUT2D eigenvalue weighted by Gasteiger charge is -1.93. The first-order valence-corrected chi connectivity index (χ1v) is 7.20. The van der Waals surface area contributed by atoms with Gasteiger partial charge in [-0.2, -0.15) is 0 Å². The number of rotatable bonds is 4. The number of nitrogens with zero attached hydrogens (tertiary/aromatic N) is 1. The summed E-state index contributed by atoms with van der Waals surface area (Å²) in [6, 6.07) is 15.9. The maximum Gasteiger partial charge on any atom is 0.439 e. The Morgan fingerprint density at radius 1 is 1.09 bits per heavy atom. The fourth-order valence-corrected chi connectivity index (χ4v) is 2.19. The molecule has 0 unspecified atom stereocenters. The van der Waals surface area contributed by atoms with Gasteiger partial charge >= 0.3 is 11.3 Å². The topological polar surface area (TPSA) is 67.0 Å². The molecular weight excluding hydrogens is 316 g/mol. The maximum atomic E-state index is 12.3. The molecule has 0 aliphatic heterocycles. The Labute approximate surface area is 136 Å². The number of benzene rings is 2. The van der Waals surface area contributed by atoms with Gasteiger partial charge in [0.05, 0.1) is 0 Å². The fraction of sp³-hybridized carbons (Fsp3) is 0. The van der Waals surface area contributed by atoms with Crippen molar-refractivity contribution in [3.8, 4) is 5.69 Å². The first-order chi connectivity index (χ1) is 11.1. The van der Waals surface area contributed by atoms with E-state index in [2.05, 4.69) is 5.27 Å². The molecule has 0 amide bonds. The lowest BCUT2D eigenvalue weighted by molar-refractivity contribution is -0.672. The normalized spacial score (nSPS) is 11.0. The molecule has 0 aliphatic rings. The van der Waals surface area contributed by atoms with E-state index in [9.17, 15) is 9.59 Å². The monoisotopic (exact) mass is 327 g/mol. The average molecular weight is 328 g/mol. The number of halogens is 1. The number of allylic oxidation sites excluding steroid dienone is 1. The third kappa shape index (κ3) is 3.30. The van der Waals surface area contributed by atoms with Gasteiger partial charge in [0.25, 0.3) is 5.78 Å². The van der Waals surface area contributed by atoms with Crippen LogP contribution in [-0.4, -0.2) is 11.1 Å². The van der Waals surface area contributed by atoms with Crippen molar-refractivity contribution < 1.29 is 14.0 Å². The van der Waals surface area contributed by atoms with Crippen LogP contribution in [0.3, 0.4) is 0 Å². The van der Waals surface area contributed by atoms with Crippen LogP contribution in [0.25, 0.3) is 11.8 Å². The summed E-state index contributed by atoms with van der Waals surface area (Å²) in [6.07, 6.45) is 2.93. The van der Waals surface area contributed by atoms with Crippen LogP contribution in [-0.2, 0) is 0 Å². The van der Waals surface area contributed by atoms with Gasteiger partial charge in [0.2, 0.25) is 5.69 Å². The highest BCUT2D eigenvalue weighted by Gasteiger charge is 2.28. The van der Waals surface area contributed by atoms with Crippen LogP contribution < -0.4 is 10.3 Å². The maximum absolute atomic E-state index is 12.3. The Kier molecular flexibility index (Phi) is 4.21. The molecule has 6 heteroatoms. The van der Waals surface area contributed by atoms with Crippen molar-refractivity contribution in [3.05, 3.63) is 87.4 Å². The van der Waals surface area contributed by atoms with Crippen LogP contribution in [0.1, 0.15) is 16.1 Å². The molecule has 114 valence electrons. The number of hydrogen-bond donors (Lipinski definition) is 1. The number of carbonyl (C=O) groups is 1. The van der Waals surface area contributed by atoms with Crippen molar-refractivity contribution in [2.45, 2.75) is 0 Å². The standard InChI is InChI=1S/C17H11ClN2O3/c18-13-9-6-12(7-10-13)8-11-15(21)16-17(22)23-19-20(16)14-4-2-1-3-5-14/h1-11H/p+1/b11-8+. The predicted octanol–water partition coefficient (Wildman–Crippen LogP) is 2.79. The number of nitrogens with one attached hydrogen (secondary N) is 1. The Balaban J connectivity index is 1.93. The SMILES string of the molecule is O=C(/C=C/c1ccc(Cl)cc1)c1c(=O)o[nH][n+]1-c1ccccc1. The Hall–Kier alpha value is -2.92. The summed E-state index contributed by atoms with van der Waals surface area (Å²) < 4.78 is 6.07. The van der Waals surface area contributed by atoms with E-state index in [1.165, 1.54) is 10.8 Å². The van der Waals surface area contributed by atoms with Gasteiger partial charge < -0.3 is 0 Å². The van der Waals surface area contributed by atoms with E-state index in [0.717, 1.165) is 5.56 Å². The van der Waals surface area contributed by atoms with Gasteiger partial charge in [-0.25, -0.2) is 4.79 Å². The predicted molar refractivity (Wildman–Crippen MR) is 85.7 cm³/mol. The van der Waals surface area contributed by atoms with E-state index in [1.54, 1.807) is 54.6 Å². The van der Waals surface area contributed by atoms with E-state index in [0.29, 0.717) is 10.7 Å². The van der Waals surface area contributed by atoms with Crippen LogP contribution in [0.15, 0.2) is 70.0 Å². The van der Waals surface area contributed by atoms with Crippen molar-refractivity contribution in [1.82, 2.24) is 5.27 Å². The van der Waals surface area contributed by atoms with Gasteiger partial charge in [-0.3, -0.25) is 9.32 Å². The quantitative estimate of drug-likeness (QED) is 0.455. The number of ketones is 1. The summed E-state index contributed by atoms with van der Waals surface area (Å²) in [5.74, 6) is -0.459. The van der Waals surface area contributed by atoms with Crippen LogP contribution in [0.5, 0.6) is 0 Å². The zero-order valence-electron chi connectivity index (χ0n) is 11.9. The second kappa shape index (κ2) is 6.46. The van der Waals surface area contributed by atoms with E-state index >= 15 is 0 Å². The van der Waals surface area contributed by atoms with Crippen LogP contribution in [0, 0.1) is 0 Å². The Morgan fingerprint density at radius 2 is 1.78 bits per heavy atom. The van der Waals surface area contributed by atoms with Crippen LogP contribution >= 0.6 is 11.6 Å². The van der Waals surface area contributed by atoms with Crippen molar-refractivity contribution >= 4 is 23.5 Å². The van der Waals surface area contributed by atoms with Crippen molar-refractivity contribution in [1.29, 1.82) is 0 Å². The van der Waals surface area contributed by atoms with Gasteiger partial charge in [0, 0.05) is 17.2 Å². The fourth-order valence-electron chi connectivity index (χ4n) is 2.07. The Bertz CT molecular complexity index is 909. The zero-order valence-corrected chi connectivity index (χ0v) is 12.7. The first-order valence-electron chi connectivity index (χ1n) is 6.82. The average Bonchev–Trinajstić information content (AvgIpc) is 2.96. The summed E-state index contributed by atoms with van der Waals surface area (Å²) in [5.41, 5.74) is 0.608. The minimum Gasteiger partial charge on any atom is -0.282 e. The van der Waals surface area contributed by atoms with Crippen LogP contribution in [0.4, 0.5) is 0 Å². The van der Waals surface area contributed by atoms with Gasteiger partial charge in [0.15, 0.2) is 0 Å². The molecule has 2 aromatic carbocycles. The molecule has 0 bridgehead atoms. The van der Waals surface area contributed by atoms with E-state index in [1.807, 2.05) is 6.07 Å². The summed E-state index contributed by atoms with van der Waals surface area (Å²) in [6.45, 7) is 0. The van der Waals surface area contributed by atoms with Gasteiger partial charge in [-0.05, 0) is 33.7 Å². The highest BCUT2D eigenvalue weighted by Crippen LogP contribution is 2.11. The highest BCUT2D eigenvalue weighted by atomic mass is 35.5. The van der Waals surface area contributed by atoms with Crippen LogP contribution in [0.2, 0.25) is 5.02 Å². The molecule has 0 aliphatic carbocycles. The van der Waals surface area contributed by atoms with Gasteiger partial charge in [-0.1, -0.05) is 48.0 Å². The molecular formula is C17H12ClN2O3+. The highest BCUT2D eigenvalue weighted by molar-refractivity contribution is 6.30. The van der Waals surface area contributed by atoms with Crippen molar-refractivity contribution in [2.24, 2.45) is 0 Å². The number of carbonyl (C=O) groups excluding carboxylic acids is 1. The van der Waals surface area contributed by atoms with Crippen molar-refractivity contribution in [2.75, 3.05) is 0 Å². The summed E-state index contributed by atoms with van der Waals surface area (Å²) >= 11 is 5.81. The number of aromatic amines is 1. The molecule has 1 N–H and O–H groups in total. The third-order valence-electron chi connectivity index (χ3n) is 3.19. The number of para-hydroxylation sites is 1. The minimum absolute atomic E-state index is 0.0959. The smallest absolute Gasteiger partial charge is 0.282 e. The minimum atomic E-state index is -0.723. The molecule has 1 aromatic heterocycles. The van der Waals surface area contributed by atoms with Crippen molar-refractivity contribution in [3.63, 3.8) is 0 Å². The lowest BCUT2D eigenvalue weighted by Crippen LogP contribution is -2.40. The summed E-state index contributed by atoms with van der Waals surface area (Å²) in [7, 11) is 0. The van der Waals surface area contributed by atoms with Gasteiger partial charge in [-0.15, -0.1) is 0 Å². The Morgan fingerprint density at radius 3 is 2.48 bits per heavy atom. The zero-order chi connectivity index (χ0) is 16.2. The summed E-state index contributed by atoms with van der Waals surface area (Å²) in [4.78, 5) is 24.2. The molecule has 1 heterocycles. The molecule has 3 aromatic rings. The molecule has 5 nitrogen and oxygen atoms in total. The molecule has 0 atom stereocenters. The molecule has 23 heavy (non-hydrogen) atoms. The molecule has 0 radical (unpaired) electrons. The van der Waals surface area contributed by atoms with E-state index in [-0.39, 0.29) is 5.69 Å². The molecule has 0 spiro atoms. The lowest BCUT2D eigenvalue weighted by atomic mass is 10.2. The van der Waals surface area contributed by atoms with E-state index < -0.39 is 11.4 Å². The second-order valence-corrected chi connectivity index (χ2v) is 5.19. The number of aromatic nitrogens is 2. The molecule has 0 saturated heterocycles. The van der Waals surface area contributed by atoms with Gasteiger partial charge in [0.1, 0.15) is 0 Å². The second-order valence-electron chi connectivity index (χ2n) is 4.75. The molecule has 0 saturated carbocycles. The third-order valence-corrected chi connectivity index (χ3v) is 3.44. The first kappa shape index (κ1) is 15.0. The number of H-pyrrole nitrogens is 1. The largest absolute Gasteiger partial charge is 0.439 e. The van der Waals surface area contributed by atoms with E-state index in [4.69, 9.17) is 16.1 Å². The summed E-state index contributed by atoms with van der Waals surface area (Å²) in [5, 5.41) is 3.05. The number of hydrogen-bond acceptors (Lipinski definition) is 3. The molecule has 0 fully saturated rings.